The minimum Gasteiger partial charge on any atom is -0.398 e. The fourth-order valence-electron chi connectivity index (χ4n) is 1.99. The summed E-state index contributed by atoms with van der Waals surface area (Å²) in [5.74, 6) is -0.245. The van der Waals surface area contributed by atoms with Crippen LogP contribution in [0.15, 0.2) is 53.0 Å². The molecule has 2 N–H and O–H groups in total. The summed E-state index contributed by atoms with van der Waals surface area (Å²) < 4.78 is 0.812. The van der Waals surface area contributed by atoms with E-state index < -0.39 is 0 Å². The fourth-order valence-corrected chi connectivity index (χ4v) is 2.37. The summed E-state index contributed by atoms with van der Waals surface area (Å²) in [4.78, 5) is 14.0. The second-order valence-electron chi connectivity index (χ2n) is 4.54. The third kappa shape index (κ3) is 3.83. The Balaban J connectivity index is 2.25. The summed E-state index contributed by atoms with van der Waals surface area (Å²) in [6.07, 6.45) is 0. The van der Waals surface area contributed by atoms with Crippen molar-refractivity contribution in [2.75, 3.05) is 12.3 Å². The van der Waals surface area contributed by atoms with Crippen LogP contribution in [0, 0.1) is 11.3 Å². The molecule has 0 spiro atoms. The molecule has 0 aliphatic rings. The number of hydrogen-bond donors (Lipinski definition) is 1. The zero-order chi connectivity index (χ0) is 15.2. The molecule has 0 saturated heterocycles. The van der Waals surface area contributed by atoms with E-state index in [1.807, 2.05) is 36.4 Å². The van der Waals surface area contributed by atoms with E-state index >= 15 is 0 Å². The molecule has 2 rings (SSSR count). The van der Waals surface area contributed by atoms with Crippen molar-refractivity contribution in [2.45, 2.75) is 6.54 Å². The van der Waals surface area contributed by atoms with Crippen molar-refractivity contribution in [1.82, 2.24) is 4.90 Å². The average molecular weight is 344 g/mol. The molecule has 1 amide bonds. The average Bonchev–Trinajstić information content (AvgIpc) is 2.47. The normalized spacial score (nSPS) is 9.90. The minimum atomic E-state index is -0.245. The molecule has 5 heteroatoms. The number of nitrogens with zero attached hydrogens (tertiary/aromatic N) is 2. The topological polar surface area (TPSA) is 70.1 Å². The van der Waals surface area contributed by atoms with E-state index in [-0.39, 0.29) is 12.5 Å². The van der Waals surface area contributed by atoms with Gasteiger partial charge < -0.3 is 10.6 Å². The maximum atomic E-state index is 12.6. The van der Waals surface area contributed by atoms with E-state index in [9.17, 15) is 4.79 Å². The van der Waals surface area contributed by atoms with Gasteiger partial charge in [0.1, 0.15) is 6.54 Å². The molecule has 21 heavy (non-hydrogen) atoms. The van der Waals surface area contributed by atoms with Gasteiger partial charge in [-0.05, 0) is 23.8 Å². The molecule has 106 valence electrons. The molecule has 0 fully saturated rings. The Morgan fingerprint density at radius 1 is 1.24 bits per heavy atom. The molecule has 2 aromatic rings. The molecule has 4 nitrogen and oxygen atoms in total. The van der Waals surface area contributed by atoms with Crippen molar-refractivity contribution in [3.63, 3.8) is 0 Å². The lowest BCUT2D eigenvalue weighted by Crippen LogP contribution is -2.31. The van der Waals surface area contributed by atoms with Crippen LogP contribution in [0.1, 0.15) is 15.9 Å². The lowest BCUT2D eigenvalue weighted by atomic mass is 10.1. The number of amides is 1. The Hall–Kier alpha value is -2.32. The number of carbonyl (C=O) groups is 1. The highest BCUT2D eigenvalue weighted by Gasteiger charge is 2.18. The van der Waals surface area contributed by atoms with E-state index in [1.165, 1.54) is 4.90 Å². The van der Waals surface area contributed by atoms with Crippen LogP contribution >= 0.6 is 15.9 Å². The summed E-state index contributed by atoms with van der Waals surface area (Å²) in [5, 5.41) is 8.94. The van der Waals surface area contributed by atoms with Crippen molar-refractivity contribution < 1.29 is 4.79 Å². The molecule has 0 aromatic heterocycles. The van der Waals surface area contributed by atoms with Gasteiger partial charge in [0.05, 0.1) is 11.6 Å². The number of carbonyl (C=O) groups excluding carboxylic acids is 1. The Morgan fingerprint density at radius 3 is 2.57 bits per heavy atom. The van der Waals surface area contributed by atoms with E-state index in [4.69, 9.17) is 11.0 Å². The van der Waals surface area contributed by atoms with Crippen molar-refractivity contribution in [1.29, 1.82) is 5.26 Å². The third-order valence-corrected chi connectivity index (χ3v) is 3.50. The van der Waals surface area contributed by atoms with Gasteiger partial charge in [-0.3, -0.25) is 4.79 Å². The summed E-state index contributed by atoms with van der Waals surface area (Å²) in [6.45, 7) is 0.395. The Morgan fingerprint density at radius 2 is 1.95 bits per heavy atom. The SMILES string of the molecule is N#CCN(Cc1ccccc1)C(=O)c1ccc(Br)cc1N. The zero-order valence-corrected chi connectivity index (χ0v) is 12.9. The van der Waals surface area contributed by atoms with Crippen molar-refractivity contribution in [2.24, 2.45) is 0 Å². The molecule has 0 unspecified atom stereocenters. The van der Waals surface area contributed by atoms with E-state index in [0.29, 0.717) is 17.8 Å². The van der Waals surface area contributed by atoms with Crippen LogP contribution in [-0.2, 0) is 6.54 Å². The first-order chi connectivity index (χ1) is 10.1. The van der Waals surface area contributed by atoms with E-state index in [0.717, 1.165) is 10.0 Å². The highest BCUT2D eigenvalue weighted by Crippen LogP contribution is 2.20. The van der Waals surface area contributed by atoms with Gasteiger partial charge in [0.25, 0.3) is 5.91 Å². The molecular weight excluding hydrogens is 330 g/mol. The van der Waals surface area contributed by atoms with Gasteiger partial charge in [0, 0.05) is 16.7 Å². The number of hydrogen-bond acceptors (Lipinski definition) is 3. The first-order valence-electron chi connectivity index (χ1n) is 6.37. The van der Waals surface area contributed by atoms with Crippen LogP contribution in [0.5, 0.6) is 0 Å². The summed E-state index contributed by atoms with van der Waals surface area (Å²) in [5.41, 5.74) is 7.66. The first kappa shape index (κ1) is 15.1. The van der Waals surface area contributed by atoms with Crippen molar-refractivity contribution in [3.05, 3.63) is 64.1 Å². The smallest absolute Gasteiger partial charge is 0.257 e. The molecule has 0 radical (unpaired) electrons. The number of benzene rings is 2. The second kappa shape index (κ2) is 6.91. The van der Waals surface area contributed by atoms with Gasteiger partial charge in [-0.1, -0.05) is 46.3 Å². The van der Waals surface area contributed by atoms with Crippen LogP contribution in [0.3, 0.4) is 0 Å². The molecule has 0 aliphatic heterocycles. The monoisotopic (exact) mass is 343 g/mol. The number of halogens is 1. The number of rotatable bonds is 4. The van der Waals surface area contributed by atoms with E-state index in [1.54, 1.807) is 18.2 Å². The lowest BCUT2D eigenvalue weighted by molar-refractivity contribution is 0.0766. The number of nitriles is 1. The predicted octanol–water partition coefficient (Wildman–Crippen LogP) is 3.20. The van der Waals surface area contributed by atoms with Gasteiger partial charge in [-0.25, -0.2) is 0 Å². The van der Waals surface area contributed by atoms with Gasteiger partial charge >= 0.3 is 0 Å². The van der Waals surface area contributed by atoms with Crippen LogP contribution in [-0.4, -0.2) is 17.4 Å². The van der Waals surface area contributed by atoms with Gasteiger partial charge in [-0.15, -0.1) is 0 Å². The molecule has 0 bridgehead atoms. The summed E-state index contributed by atoms with van der Waals surface area (Å²) in [7, 11) is 0. The highest BCUT2D eigenvalue weighted by molar-refractivity contribution is 9.10. The lowest BCUT2D eigenvalue weighted by Gasteiger charge is -2.20. The van der Waals surface area contributed by atoms with Crippen LogP contribution in [0.4, 0.5) is 5.69 Å². The minimum absolute atomic E-state index is 0.0171. The number of nitrogens with two attached hydrogens (primary N) is 1. The quantitative estimate of drug-likeness (QED) is 0.684. The molecule has 0 heterocycles. The Bertz CT molecular complexity index is 680. The molecular formula is C16H14BrN3O. The Kier molecular flexibility index (Phi) is 4.96. The van der Waals surface area contributed by atoms with Crippen molar-refractivity contribution in [3.8, 4) is 6.07 Å². The molecule has 0 saturated carbocycles. The fraction of sp³-hybridized carbons (Fsp3) is 0.125. The van der Waals surface area contributed by atoms with Crippen molar-refractivity contribution >= 4 is 27.5 Å². The zero-order valence-electron chi connectivity index (χ0n) is 11.3. The maximum Gasteiger partial charge on any atom is 0.257 e. The van der Waals surface area contributed by atoms with Gasteiger partial charge in [0.2, 0.25) is 0 Å². The Labute approximate surface area is 131 Å². The number of anilines is 1. The van der Waals surface area contributed by atoms with Crippen LogP contribution in [0.25, 0.3) is 0 Å². The standard InChI is InChI=1S/C16H14BrN3O/c17-13-6-7-14(15(19)10-13)16(21)20(9-8-18)11-12-4-2-1-3-5-12/h1-7,10H,9,11,19H2. The highest BCUT2D eigenvalue weighted by atomic mass is 79.9. The van der Waals surface area contributed by atoms with E-state index in [2.05, 4.69) is 15.9 Å². The summed E-state index contributed by atoms with van der Waals surface area (Å²) in [6, 6.07) is 16.7. The maximum absolute atomic E-state index is 12.6. The van der Waals surface area contributed by atoms with Crippen LogP contribution < -0.4 is 5.73 Å². The van der Waals surface area contributed by atoms with Gasteiger partial charge in [-0.2, -0.15) is 5.26 Å². The predicted molar refractivity (Wildman–Crippen MR) is 85.3 cm³/mol. The molecule has 2 aromatic carbocycles. The third-order valence-electron chi connectivity index (χ3n) is 3.01. The van der Waals surface area contributed by atoms with Crippen LogP contribution in [0.2, 0.25) is 0 Å². The first-order valence-corrected chi connectivity index (χ1v) is 7.16. The number of nitrogen functional groups attached to an aromatic ring is 1. The second-order valence-corrected chi connectivity index (χ2v) is 5.45. The molecule has 0 atom stereocenters. The molecule has 0 aliphatic carbocycles. The largest absolute Gasteiger partial charge is 0.398 e. The van der Waals surface area contributed by atoms with Gasteiger partial charge in [0.15, 0.2) is 0 Å². The summed E-state index contributed by atoms with van der Waals surface area (Å²) >= 11 is 3.31.